The van der Waals surface area contributed by atoms with E-state index in [1.165, 1.54) is 0 Å². The number of aromatic hydroxyl groups is 1. The summed E-state index contributed by atoms with van der Waals surface area (Å²) in [6, 6.07) is 3.63. The molecule has 0 aliphatic carbocycles. The van der Waals surface area contributed by atoms with Crippen LogP contribution in [0.25, 0.3) is 10.9 Å². The molecule has 0 spiro atoms. The predicted molar refractivity (Wildman–Crippen MR) is 112 cm³/mol. The average molecular weight is 391 g/mol. The van der Waals surface area contributed by atoms with Gasteiger partial charge in [-0.05, 0) is 25.3 Å². The number of anilines is 1. The second-order valence-corrected chi connectivity index (χ2v) is 7.99. The Kier molecular flexibility index (Phi) is 6.31. The number of phenols is 1. The maximum atomic E-state index is 11.7. The van der Waals surface area contributed by atoms with Crippen LogP contribution in [0.4, 0.5) is 5.82 Å². The van der Waals surface area contributed by atoms with E-state index in [0.29, 0.717) is 24.4 Å². The van der Waals surface area contributed by atoms with Crippen LogP contribution in [0.5, 0.6) is 5.75 Å². The van der Waals surface area contributed by atoms with E-state index >= 15 is 0 Å². The zero-order valence-electron chi connectivity index (χ0n) is 16.7. The highest BCUT2D eigenvalue weighted by Gasteiger charge is 2.20. The van der Waals surface area contributed by atoms with E-state index < -0.39 is 0 Å². The Morgan fingerprint density at radius 1 is 1.33 bits per heavy atom. The van der Waals surface area contributed by atoms with Crippen molar-refractivity contribution in [2.75, 3.05) is 11.9 Å². The number of aromatic amines is 1. The third-order valence-corrected chi connectivity index (χ3v) is 4.70. The number of nitrogens with one attached hydrogen (secondary N) is 2. The van der Waals surface area contributed by atoms with E-state index in [1.54, 1.807) is 19.9 Å². The molecule has 7 heteroatoms. The Balaban J connectivity index is 2.24. The van der Waals surface area contributed by atoms with Gasteiger partial charge < -0.3 is 10.4 Å². The lowest BCUT2D eigenvalue weighted by Crippen LogP contribution is -2.12. The number of Topliss-reactive ketones (excluding diaryl/α,β-unsaturated/α-hetero) is 1. The van der Waals surface area contributed by atoms with Gasteiger partial charge in [-0.25, -0.2) is 4.99 Å². The molecule has 1 aromatic carbocycles. The molecule has 0 aliphatic rings. The minimum Gasteiger partial charge on any atom is -0.508 e. The van der Waals surface area contributed by atoms with Crippen molar-refractivity contribution < 1.29 is 9.90 Å². The lowest BCUT2D eigenvalue weighted by atomic mass is 9.85. The summed E-state index contributed by atoms with van der Waals surface area (Å²) >= 11 is 6.14. The van der Waals surface area contributed by atoms with Gasteiger partial charge in [-0.1, -0.05) is 39.3 Å². The lowest BCUT2D eigenvalue weighted by Gasteiger charge is -2.20. The summed E-state index contributed by atoms with van der Waals surface area (Å²) in [5, 5.41) is 21.8. The average Bonchev–Trinajstić information content (AvgIpc) is 2.98. The first-order valence-corrected chi connectivity index (χ1v) is 9.31. The molecule has 2 aromatic rings. The molecule has 1 aromatic heterocycles. The van der Waals surface area contributed by atoms with Crippen molar-refractivity contribution in [3.63, 3.8) is 0 Å². The highest BCUT2D eigenvalue weighted by molar-refractivity contribution is 6.32. The summed E-state index contributed by atoms with van der Waals surface area (Å²) in [4.78, 5) is 16.0. The van der Waals surface area contributed by atoms with Crippen LogP contribution in [-0.4, -0.2) is 33.3 Å². The molecule has 0 fully saturated rings. The van der Waals surface area contributed by atoms with Crippen molar-refractivity contribution in [1.82, 2.24) is 10.2 Å². The number of benzene rings is 1. The normalized spacial score (nSPS) is 13.7. The number of fused-ring (bicyclic) bond motifs is 1. The minimum atomic E-state index is -0.189. The van der Waals surface area contributed by atoms with Crippen LogP contribution in [0.2, 0.25) is 0 Å². The van der Waals surface area contributed by atoms with Gasteiger partial charge >= 0.3 is 0 Å². The number of H-pyrrole nitrogens is 1. The molecule has 0 radical (unpaired) electrons. The zero-order chi connectivity index (χ0) is 20.4. The fourth-order valence-corrected chi connectivity index (χ4v) is 2.92. The number of carbonyl (C=O) groups excluding carboxylic acids is 1. The Morgan fingerprint density at radius 2 is 2.00 bits per heavy atom. The summed E-state index contributed by atoms with van der Waals surface area (Å²) in [5.41, 5.74) is 2.61. The number of aliphatic imine (C=N–C) groups is 1. The van der Waals surface area contributed by atoms with Crippen molar-refractivity contribution >= 4 is 39.8 Å². The van der Waals surface area contributed by atoms with Gasteiger partial charge in [-0.15, -0.1) is 0 Å². The van der Waals surface area contributed by atoms with Gasteiger partial charge in [0.1, 0.15) is 10.9 Å². The third-order valence-electron chi connectivity index (χ3n) is 4.34. The van der Waals surface area contributed by atoms with Crippen LogP contribution < -0.4 is 5.32 Å². The van der Waals surface area contributed by atoms with Gasteiger partial charge in [0.15, 0.2) is 11.6 Å². The molecule has 0 saturated heterocycles. The topological polar surface area (TPSA) is 90.4 Å². The Hall–Kier alpha value is -2.34. The maximum Gasteiger partial charge on any atom is 0.161 e. The molecule has 6 nitrogen and oxygen atoms in total. The van der Waals surface area contributed by atoms with E-state index in [4.69, 9.17) is 11.6 Å². The first-order valence-electron chi connectivity index (χ1n) is 8.93. The summed E-state index contributed by atoms with van der Waals surface area (Å²) < 4.78 is 0. The van der Waals surface area contributed by atoms with Crippen LogP contribution in [0.1, 0.15) is 53.5 Å². The number of rotatable bonds is 6. The minimum absolute atomic E-state index is 0.0164. The Morgan fingerprint density at radius 3 is 2.59 bits per heavy atom. The van der Waals surface area contributed by atoms with Crippen molar-refractivity contribution in [1.29, 1.82) is 0 Å². The number of halogens is 1. The Labute approximate surface area is 164 Å². The molecule has 1 heterocycles. The van der Waals surface area contributed by atoms with E-state index in [1.807, 2.05) is 33.8 Å². The van der Waals surface area contributed by atoms with Crippen molar-refractivity contribution in [3.8, 4) is 5.75 Å². The molecule has 3 N–H and O–H groups in total. The summed E-state index contributed by atoms with van der Waals surface area (Å²) in [6.45, 7) is 11.9. The predicted octanol–water partition coefficient (Wildman–Crippen LogP) is 4.89. The van der Waals surface area contributed by atoms with Crippen molar-refractivity contribution in [2.45, 2.75) is 53.4 Å². The molecule has 27 heavy (non-hydrogen) atoms. The number of hydrogen-bond acceptors (Lipinski definition) is 5. The Bertz CT molecular complexity index is 920. The number of ketones is 1. The van der Waals surface area contributed by atoms with Crippen LogP contribution in [0, 0.1) is 0 Å². The lowest BCUT2D eigenvalue weighted by molar-refractivity contribution is -0.115. The maximum absolute atomic E-state index is 11.7. The standard InChI is InChI=1S/C20H27ClN4O2/c1-7-16(26)12(3)18(21)23-11(2)10-22-19-13-8-14(20(4,5)6)17(27)9-15(13)24-25-19/h8-9,27H,7,10H2,1-6H3,(H2,22,24,25)/b18-12+,23-11+. The second-order valence-electron chi connectivity index (χ2n) is 7.63. The summed E-state index contributed by atoms with van der Waals surface area (Å²) in [5.74, 6) is 0.903. The second kappa shape index (κ2) is 8.13. The van der Waals surface area contributed by atoms with Gasteiger partial charge in [0.05, 0.1) is 12.1 Å². The first-order chi connectivity index (χ1) is 12.5. The monoisotopic (exact) mass is 390 g/mol. The smallest absolute Gasteiger partial charge is 0.161 e. The van der Waals surface area contributed by atoms with Gasteiger partial charge in [-0.2, -0.15) is 5.10 Å². The van der Waals surface area contributed by atoms with Gasteiger partial charge in [0.2, 0.25) is 0 Å². The van der Waals surface area contributed by atoms with Crippen LogP contribution in [0.15, 0.2) is 27.9 Å². The third kappa shape index (κ3) is 4.89. The molecule has 2 rings (SSSR count). The molecule has 146 valence electrons. The molecule has 0 aliphatic heterocycles. The fraction of sp³-hybridized carbons (Fsp3) is 0.450. The van der Waals surface area contributed by atoms with E-state index in [-0.39, 0.29) is 22.1 Å². The molecule has 0 unspecified atom stereocenters. The van der Waals surface area contributed by atoms with Crippen LogP contribution >= 0.6 is 11.6 Å². The van der Waals surface area contributed by atoms with Crippen LogP contribution in [-0.2, 0) is 10.2 Å². The molecular formula is C20H27ClN4O2. The summed E-state index contributed by atoms with van der Waals surface area (Å²) in [6.07, 6.45) is 0.400. The van der Waals surface area contributed by atoms with E-state index in [9.17, 15) is 9.90 Å². The number of phenolic OH excluding ortho intramolecular Hbond substituents is 1. The highest BCUT2D eigenvalue weighted by Crippen LogP contribution is 2.35. The molecule has 0 amide bonds. The fourth-order valence-electron chi connectivity index (χ4n) is 2.67. The quantitative estimate of drug-likeness (QED) is 0.372. The number of hydrogen-bond donors (Lipinski definition) is 3. The van der Waals surface area contributed by atoms with Crippen LogP contribution in [0.3, 0.4) is 0 Å². The van der Waals surface area contributed by atoms with Gasteiger partial charge in [0, 0.05) is 34.7 Å². The first kappa shape index (κ1) is 21.0. The van der Waals surface area contributed by atoms with Crippen molar-refractivity contribution in [2.24, 2.45) is 4.99 Å². The van der Waals surface area contributed by atoms with E-state index in [2.05, 4.69) is 20.5 Å². The molecule has 0 bridgehead atoms. The van der Waals surface area contributed by atoms with Crippen molar-refractivity contribution in [3.05, 3.63) is 28.4 Å². The van der Waals surface area contributed by atoms with Gasteiger partial charge in [0.25, 0.3) is 0 Å². The van der Waals surface area contributed by atoms with Gasteiger partial charge in [-0.3, -0.25) is 9.89 Å². The largest absolute Gasteiger partial charge is 0.508 e. The number of carbonyl (C=O) groups is 1. The number of aromatic nitrogens is 2. The molecule has 0 saturated carbocycles. The SMILES string of the molecule is CCC(=O)/C(C)=C(Cl)/N=C(\C)CNc1n[nH]c2cc(O)c(C(C)(C)C)cc12. The summed E-state index contributed by atoms with van der Waals surface area (Å²) in [7, 11) is 0. The highest BCUT2D eigenvalue weighted by atomic mass is 35.5. The van der Waals surface area contributed by atoms with E-state index in [0.717, 1.165) is 22.2 Å². The number of nitrogens with zero attached hydrogens (tertiary/aromatic N) is 2. The molecule has 0 atom stereocenters. The number of allylic oxidation sites excluding steroid dienone is 1. The molecular weight excluding hydrogens is 364 g/mol. The zero-order valence-corrected chi connectivity index (χ0v) is 17.5.